The Bertz CT molecular complexity index is 1460. The minimum absolute atomic E-state index is 0.320. The molecule has 0 aliphatic rings. The van der Waals surface area contributed by atoms with Crippen molar-refractivity contribution in [1.82, 2.24) is 4.57 Å². The van der Waals surface area contributed by atoms with Crippen molar-refractivity contribution in [2.75, 3.05) is 6.61 Å². The van der Waals surface area contributed by atoms with Crippen LogP contribution in [0.15, 0.2) is 97.1 Å². The molecule has 0 saturated carbocycles. The molecule has 5 aromatic rings. The van der Waals surface area contributed by atoms with E-state index in [2.05, 4.69) is 65.2 Å². The van der Waals surface area contributed by atoms with Crippen LogP contribution in [0, 0.1) is 0 Å². The summed E-state index contributed by atoms with van der Waals surface area (Å²) in [6.45, 7) is 2.53. The van der Waals surface area contributed by atoms with Gasteiger partial charge in [-0.05, 0) is 53.9 Å². The second kappa shape index (κ2) is 10.0. The molecule has 0 bridgehead atoms. The molecule has 5 rings (SSSR count). The van der Waals surface area contributed by atoms with Crippen LogP contribution in [-0.4, -0.2) is 28.4 Å². The highest BCUT2D eigenvalue weighted by atomic mass is 16.5. The van der Waals surface area contributed by atoms with Gasteiger partial charge in [0, 0.05) is 23.8 Å². The molecule has 0 aliphatic heterocycles. The van der Waals surface area contributed by atoms with E-state index in [1.165, 1.54) is 21.9 Å². The lowest BCUT2D eigenvalue weighted by Gasteiger charge is -2.13. The number of hydrogen-bond acceptors (Lipinski definition) is 3. The van der Waals surface area contributed by atoms with Gasteiger partial charge in [0.05, 0.1) is 11.0 Å². The molecule has 1 unspecified atom stereocenters. The Morgan fingerprint density at radius 1 is 0.829 bits per heavy atom. The maximum Gasteiger partial charge on any atom is 0.333 e. The first-order valence-electron chi connectivity index (χ1n) is 11.8. The summed E-state index contributed by atoms with van der Waals surface area (Å²) in [5, 5.41) is 11.7. The van der Waals surface area contributed by atoms with Crippen LogP contribution in [0.4, 0.5) is 0 Å². The zero-order chi connectivity index (χ0) is 24.2. The van der Waals surface area contributed by atoms with Gasteiger partial charge in [-0.3, -0.25) is 0 Å². The summed E-state index contributed by atoms with van der Waals surface area (Å²) in [5.41, 5.74) is 5.50. The third-order valence-corrected chi connectivity index (χ3v) is 6.23. The molecule has 5 heteroatoms. The van der Waals surface area contributed by atoms with Crippen LogP contribution < -0.4 is 4.74 Å². The Morgan fingerprint density at radius 3 is 2.29 bits per heavy atom. The number of carboxylic acid groups (broad SMARTS) is 1. The first-order chi connectivity index (χ1) is 17.1. The van der Waals surface area contributed by atoms with E-state index in [1.807, 2.05) is 36.4 Å². The number of fused-ring (bicyclic) bond motifs is 3. The number of para-hydroxylation sites is 1. The van der Waals surface area contributed by atoms with Gasteiger partial charge in [0.15, 0.2) is 12.8 Å². The fraction of sp³-hybridized carbons (Fsp3) is 0.167. The molecule has 1 N–H and O–H groups in total. The molecular weight excluding hydrogens is 438 g/mol. The average Bonchev–Trinajstić information content (AvgIpc) is 3.21. The number of nitrogens with zero attached hydrogens (tertiary/aromatic N) is 1. The van der Waals surface area contributed by atoms with Gasteiger partial charge in [-0.15, -0.1) is 0 Å². The number of benzene rings is 4. The molecule has 0 radical (unpaired) electrons. The molecule has 5 nitrogen and oxygen atoms in total. The lowest BCUT2D eigenvalue weighted by molar-refractivity contribution is -0.149. The molecule has 0 saturated heterocycles. The highest BCUT2D eigenvalue weighted by Crippen LogP contribution is 2.33. The zero-order valence-electron chi connectivity index (χ0n) is 19.6. The Kier molecular flexibility index (Phi) is 6.51. The van der Waals surface area contributed by atoms with E-state index in [-0.39, 0.29) is 0 Å². The van der Waals surface area contributed by atoms with Crippen molar-refractivity contribution in [3.8, 4) is 16.9 Å². The molecule has 4 aromatic carbocycles. The van der Waals surface area contributed by atoms with E-state index >= 15 is 0 Å². The second-order valence-corrected chi connectivity index (χ2v) is 8.45. The standard InChI is InChI=1S/C30H27NO4/c1-2-34-29(30(32)33)18-21-12-15-24(16-13-21)35-20-31-27-11-7-6-10-25(27)26-19-23(14-17-28(26)31)22-8-4-3-5-9-22/h3-17,19,29H,2,18,20H2,1H3,(H,32,33). The van der Waals surface area contributed by atoms with E-state index in [1.54, 1.807) is 6.92 Å². The highest BCUT2D eigenvalue weighted by Gasteiger charge is 2.18. The van der Waals surface area contributed by atoms with Crippen LogP contribution in [0.2, 0.25) is 0 Å². The summed E-state index contributed by atoms with van der Waals surface area (Å²) in [4.78, 5) is 11.4. The van der Waals surface area contributed by atoms with Gasteiger partial charge in [-0.25, -0.2) is 4.79 Å². The van der Waals surface area contributed by atoms with Crippen LogP contribution in [0.5, 0.6) is 5.75 Å². The van der Waals surface area contributed by atoms with Crippen LogP contribution >= 0.6 is 0 Å². The molecule has 1 heterocycles. The third kappa shape index (κ3) is 4.77. The molecule has 1 atom stereocenters. The zero-order valence-corrected chi connectivity index (χ0v) is 19.6. The van der Waals surface area contributed by atoms with E-state index in [0.29, 0.717) is 19.8 Å². The van der Waals surface area contributed by atoms with Gasteiger partial charge in [0.25, 0.3) is 0 Å². The summed E-state index contributed by atoms with van der Waals surface area (Å²) in [5.74, 6) is -0.224. The number of carboxylic acids is 1. The third-order valence-electron chi connectivity index (χ3n) is 6.23. The van der Waals surface area contributed by atoms with Gasteiger partial charge in [-0.1, -0.05) is 66.7 Å². The molecular formula is C30H27NO4. The number of ether oxygens (including phenoxy) is 2. The number of aromatic nitrogens is 1. The summed E-state index contributed by atoms with van der Waals surface area (Å²) in [6, 6.07) is 32.9. The highest BCUT2D eigenvalue weighted by molar-refractivity contribution is 6.09. The molecule has 0 aliphatic carbocycles. The van der Waals surface area contributed by atoms with E-state index in [9.17, 15) is 9.90 Å². The first kappa shape index (κ1) is 22.7. The van der Waals surface area contributed by atoms with Crippen molar-refractivity contribution in [2.24, 2.45) is 0 Å². The Morgan fingerprint density at radius 2 is 1.54 bits per heavy atom. The Labute approximate surface area is 204 Å². The Balaban J connectivity index is 1.40. The fourth-order valence-electron chi connectivity index (χ4n) is 4.50. The number of hydrogen-bond donors (Lipinski definition) is 1. The monoisotopic (exact) mass is 465 g/mol. The van der Waals surface area contributed by atoms with Crippen molar-refractivity contribution >= 4 is 27.8 Å². The lowest BCUT2D eigenvalue weighted by atomic mass is 10.0. The van der Waals surface area contributed by atoms with Crippen LogP contribution in [0.25, 0.3) is 32.9 Å². The average molecular weight is 466 g/mol. The van der Waals surface area contributed by atoms with E-state index < -0.39 is 12.1 Å². The predicted octanol–water partition coefficient (Wildman–Crippen LogP) is 6.53. The van der Waals surface area contributed by atoms with Gasteiger partial charge in [-0.2, -0.15) is 0 Å². The van der Waals surface area contributed by atoms with Crippen molar-refractivity contribution in [2.45, 2.75) is 26.2 Å². The molecule has 176 valence electrons. The lowest BCUT2D eigenvalue weighted by Crippen LogP contribution is -2.26. The topological polar surface area (TPSA) is 60.7 Å². The van der Waals surface area contributed by atoms with Gasteiger partial charge in [0.1, 0.15) is 5.75 Å². The van der Waals surface area contributed by atoms with Gasteiger partial charge < -0.3 is 19.1 Å². The summed E-state index contributed by atoms with van der Waals surface area (Å²) < 4.78 is 13.7. The quantitative estimate of drug-likeness (QED) is 0.269. The van der Waals surface area contributed by atoms with Crippen molar-refractivity contribution in [3.63, 3.8) is 0 Å². The van der Waals surface area contributed by atoms with Crippen LogP contribution in [-0.2, 0) is 22.7 Å². The minimum atomic E-state index is -0.950. The number of aliphatic carboxylic acids is 1. The van der Waals surface area contributed by atoms with Gasteiger partial charge in [0.2, 0.25) is 0 Å². The maximum absolute atomic E-state index is 11.4. The summed E-state index contributed by atoms with van der Waals surface area (Å²) in [7, 11) is 0. The van der Waals surface area contributed by atoms with Crippen LogP contribution in [0.1, 0.15) is 12.5 Å². The minimum Gasteiger partial charge on any atom is -0.479 e. The largest absolute Gasteiger partial charge is 0.479 e. The summed E-state index contributed by atoms with van der Waals surface area (Å²) in [6.07, 6.45) is -0.523. The van der Waals surface area contributed by atoms with Crippen molar-refractivity contribution in [1.29, 1.82) is 0 Å². The second-order valence-electron chi connectivity index (χ2n) is 8.45. The van der Waals surface area contributed by atoms with E-state index in [4.69, 9.17) is 9.47 Å². The Hall–Kier alpha value is -4.09. The van der Waals surface area contributed by atoms with Crippen LogP contribution in [0.3, 0.4) is 0 Å². The molecule has 0 spiro atoms. The van der Waals surface area contributed by atoms with Gasteiger partial charge >= 0.3 is 5.97 Å². The normalized spacial score (nSPS) is 12.1. The maximum atomic E-state index is 11.4. The number of rotatable bonds is 9. The molecule has 35 heavy (non-hydrogen) atoms. The molecule has 0 amide bonds. The molecule has 1 aromatic heterocycles. The number of carbonyl (C=O) groups is 1. The fourth-order valence-corrected chi connectivity index (χ4v) is 4.50. The van der Waals surface area contributed by atoms with E-state index in [0.717, 1.165) is 22.3 Å². The SMILES string of the molecule is CCOC(Cc1ccc(OCn2c3ccccc3c3cc(-c4ccccc4)ccc32)cc1)C(=O)O. The summed E-state index contributed by atoms with van der Waals surface area (Å²) >= 11 is 0. The van der Waals surface area contributed by atoms with Crippen molar-refractivity contribution < 1.29 is 19.4 Å². The molecule has 0 fully saturated rings. The first-order valence-corrected chi connectivity index (χ1v) is 11.8. The van der Waals surface area contributed by atoms with Crippen molar-refractivity contribution in [3.05, 3.63) is 103 Å². The smallest absolute Gasteiger partial charge is 0.333 e. The predicted molar refractivity (Wildman–Crippen MR) is 139 cm³/mol.